The summed E-state index contributed by atoms with van der Waals surface area (Å²) in [6.45, 7) is 0.629. The van der Waals surface area contributed by atoms with Gasteiger partial charge in [0.05, 0.1) is 12.7 Å². The first-order valence-electron chi connectivity index (χ1n) is 7.54. The van der Waals surface area contributed by atoms with Crippen LogP contribution in [-0.4, -0.2) is 35.7 Å². The van der Waals surface area contributed by atoms with Crippen LogP contribution in [0.2, 0.25) is 5.02 Å². The molecule has 2 aromatic rings. The highest BCUT2D eigenvalue weighted by molar-refractivity contribution is 6.31. The predicted octanol–water partition coefficient (Wildman–Crippen LogP) is 2.24. The van der Waals surface area contributed by atoms with E-state index in [0.717, 1.165) is 12.8 Å². The summed E-state index contributed by atoms with van der Waals surface area (Å²) < 4.78 is 9.67. The number of nitrogens with one attached hydrogen (secondary N) is 1. The molecule has 0 unspecified atom stereocenters. The third-order valence-corrected chi connectivity index (χ3v) is 4.09. The Bertz CT molecular complexity index is 770. The normalized spacial score (nSPS) is 13.6. The van der Waals surface area contributed by atoms with Gasteiger partial charge in [0.2, 0.25) is 0 Å². The highest BCUT2D eigenvalue weighted by atomic mass is 35.5. The fourth-order valence-corrected chi connectivity index (χ4v) is 2.36. The molecule has 126 valence electrons. The van der Waals surface area contributed by atoms with Crippen molar-refractivity contribution in [2.45, 2.75) is 19.3 Å². The summed E-state index contributed by atoms with van der Waals surface area (Å²) in [5.41, 5.74) is 1.02. The van der Waals surface area contributed by atoms with Gasteiger partial charge in [0, 0.05) is 18.0 Å². The Kier molecular flexibility index (Phi) is 4.80. The zero-order valence-electron chi connectivity index (χ0n) is 13.0. The van der Waals surface area contributed by atoms with E-state index in [2.05, 4.69) is 20.2 Å². The number of methoxy groups -OCH3 is 1. The minimum Gasteiger partial charge on any atom is -0.465 e. The van der Waals surface area contributed by atoms with Gasteiger partial charge in [0.25, 0.3) is 0 Å². The fraction of sp³-hybridized carbons (Fsp3) is 0.375. The molecule has 1 aromatic carbocycles. The molecule has 0 atom stereocenters. The van der Waals surface area contributed by atoms with Gasteiger partial charge in [-0.15, -0.1) is 0 Å². The third kappa shape index (κ3) is 3.91. The van der Waals surface area contributed by atoms with Gasteiger partial charge in [-0.2, -0.15) is 4.98 Å². The molecule has 0 saturated heterocycles. The van der Waals surface area contributed by atoms with Gasteiger partial charge in [0.1, 0.15) is 0 Å². The number of aromatic nitrogens is 2. The Balaban J connectivity index is 1.69. The standard InChI is InChI=1S/C16H16ClN3O4/c1-23-16(22)10-4-5-12(17)11(6-10)7-13-19-15(24-20-13)14(21)18-8-9-2-3-9/h4-6,9H,2-3,7-8H2,1H3,(H,18,21). The Morgan fingerprint density at radius 2 is 2.21 bits per heavy atom. The molecular formula is C16H16ClN3O4. The summed E-state index contributed by atoms with van der Waals surface area (Å²) >= 11 is 6.14. The minimum absolute atomic E-state index is 0.0779. The van der Waals surface area contributed by atoms with Crippen LogP contribution in [0.15, 0.2) is 22.7 Å². The van der Waals surface area contributed by atoms with E-state index in [9.17, 15) is 9.59 Å². The number of rotatable bonds is 6. The van der Waals surface area contributed by atoms with E-state index in [-0.39, 0.29) is 18.2 Å². The van der Waals surface area contributed by atoms with Crippen LogP contribution in [0.25, 0.3) is 0 Å². The Morgan fingerprint density at radius 3 is 2.92 bits per heavy atom. The molecule has 1 fully saturated rings. The smallest absolute Gasteiger partial charge is 0.337 e. The molecule has 8 heteroatoms. The first-order chi connectivity index (χ1) is 11.6. The molecule has 0 spiro atoms. The van der Waals surface area contributed by atoms with Crippen molar-refractivity contribution in [1.29, 1.82) is 0 Å². The van der Waals surface area contributed by atoms with Crippen molar-refractivity contribution in [3.63, 3.8) is 0 Å². The Morgan fingerprint density at radius 1 is 1.42 bits per heavy atom. The summed E-state index contributed by atoms with van der Waals surface area (Å²) in [6.07, 6.45) is 2.53. The van der Waals surface area contributed by atoms with Crippen molar-refractivity contribution >= 4 is 23.5 Å². The number of benzene rings is 1. The summed E-state index contributed by atoms with van der Waals surface area (Å²) in [5.74, 6) is -0.0335. The van der Waals surface area contributed by atoms with Crippen LogP contribution in [-0.2, 0) is 11.2 Å². The highest BCUT2D eigenvalue weighted by Crippen LogP contribution is 2.27. The van der Waals surface area contributed by atoms with Crippen LogP contribution in [0.5, 0.6) is 0 Å². The van der Waals surface area contributed by atoms with Gasteiger partial charge in [-0.05, 0) is 42.5 Å². The molecule has 1 saturated carbocycles. The SMILES string of the molecule is COC(=O)c1ccc(Cl)c(Cc2noc(C(=O)NCC3CC3)n2)c1. The van der Waals surface area contributed by atoms with E-state index < -0.39 is 5.97 Å². The van der Waals surface area contributed by atoms with Gasteiger partial charge in [-0.1, -0.05) is 16.8 Å². The number of halogens is 1. The lowest BCUT2D eigenvalue weighted by atomic mass is 10.1. The maximum atomic E-state index is 11.9. The number of carbonyl (C=O) groups is 2. The molecule has 0 radical (unpaired) electrons. The third-order valence-electron chi connectivity index (χ3n) is 3.73. The number of amides is 1. The van der Waals surface area contributed by atoms with Crippen molar-refractivity contribution in [3.8, 4) is 0 Å². The van der Waals surface area contributed by atoms with E-state index in [1.807, 2.05) is 0 Å². The maximum absolute atomic E-state index is 11.9. The van der Waals surface area contributed by atoms with E-state index in [4.69, 9.17) is 16.1 Å². The lowest BCUT2D eigenvalue weighted by molar-refractivity contribution is 0.0600. The van der Waals surface area contributed by atoms with E-state index in [1.165, 1.54) is 7.11 Å². The molecule has 3 rings (SSSR count). The number of esters is 1. The molecule has 24 heavy (non-hydrogen) atoms. The lowest BCUT2D eigenvalue weighted by Crippen LogP contribution is -2.25. The van der Waals surface area contributed by atoms with Gasteiger partial charge in [0.15, 0.2) is 5.82 Å². The average Bonchev–Trinajstić information content (AvgIpc) is 3.31. The Labute approximate surface area is 143 Å². The molecule has 1 aromatic heterocycles. The van der Waals surface area contributed by atoms with E-state index in [1.54, 1.807) is 18.2 Å². The van der Waals surface area contributed by atoms with Gasteiger partial charge in [-0.3, -0.25) is 4.79 Å². The van der Waals surface area contributed by atoms with Gasteiger partial charge >= 0.3 is 17.8 Å². The van der Waals surface area contributed by atoms with Gasteiger partial charge < -0.3 is 14.6 Å². The molecule has 0 aliphatic heterocycles. The molecule has 0 bridgehead atoms. The quantitative estimate of drug-likeness (QED) is 0.804. The van der Waals surface area contributed by atoms with Crippen molar-refractivity contribution in [3.05, 3.63) is 46.1 Å². The first-order valence-corrected chi connectivity index (χ1v) is 7.92. The van der Waals surface area contributed by atoms with Gasteiger partial charge in [-0.25, -0.2) is 4.79 Å². The molecule has 7 nitrogen and oxygen atoms in total. The van der Waals surface area contributed by atoms with E-state index in [0.29, 0.717) is 34.4 Å². The Hall–Kier alpha value is -2.41. The van der Waals surface area contributed by atoms with Crippen molar-refractivity contribution in [2.24, 2.45) is 5.92 Å². The first kappa shape index (κ1) is 16.4. The second kappa shape index (κ2) is 7.00. The number of nitrogens with zero attached hydrogens (tertiary/aromatic N) is 2. The zero-order chi connectivity index (χ0) is 17.1. The number of hydrogen-bond donors (Lipinski definition) is 1. The largest absolute Gasteiger partial charge is 0.465 e. The molecule has 1 aliphatic rings. The monoisotopic (exact) mass is 349 g/mol. The zero-order valence-corrected chi connectivity index (χ0v) is 13.8. The summed E-state index contributed by atoms with van der Waals surface area (Å²) in [7, 11) is 1.31. The highest BCUT2D eigenvalue weighted by Gasteiger charge is 2.23. The predicted molar refractivity (Wildman–Crippen MR) is 85.0 cm³/mol. The summed E-state index contributed by atoms with van der Waals surface area (Å²) in [5, 5.41) is 7.01. The topological polar surface area (TPSA) is 94.3 Å². The van der Waals surface area contributed by atoms with Crippen LogP contribution in [0.1, 0.15) is 45.3 Å². The second-order valence-corrected chi connectivity index (χ2v) is 6.05. The van der Waals surface area contributed by atoms with Crippen LogP contribution in [0.4, 0.5) is 0 Å². The van der Waals surface area contributed by atoms with Crippen LogP contribution < -0.4 is 5.32 Å². The molecule has 1 heterocycles. The molecule has 1 amide bonds. The number of ether oxygens (including phenoxy) is 1. The second-order valence-electron chi connectivity index (χ2n) is 5.64. The lowest BCUT2D eigenvalue weighted by Gasteiger charge is -2.04. The molecule has 1 aliphatic carbocycles. The van der Waals surface area contributed by atoms with Crippen LogP contribution in [0.3, 0.4) is 0 Å². The van der Waals surface area contributed by atoms with Crippen molar-refractivity contribution in [2.75, 3.05) is 13.7 Å². The van der Waals surface area contributed by atoms with E-state index >= 15 is 0 Å². The van der Waals surface area contributed by atoms with Crippen LogP contribution >= 0.6 is 11.6 Å². The summed E-state index contributed by atoms with van der Waals surface area (Å²) in [6, 6.07) is 4.79. The minimum atomic E-state index is -0.457. The van der Waals surface area contributed by atoms with Crippen molar-refractivity contribution < 1.29 is 18.8 Å². The molecule has 1 N–H and O–H groups in total. The summed E-state index contributed by atoms with van der Waals surface area (Å²) in [4.78, 5) is 27.6. The number of carbonyl (C=O) groups excluding carboxylic acids is 2. The maximum Gasteiger partial charge on any atom is 0.337 e. The molecular weight excluding hydrogens is 334 g/mol. The van der Waals surface area contributed by atoms with Crippen molar-refractivity contribution in [1.82, 2.24) is 15.5 Å². The average molecular weight is 350 g/mol. The number of hydrogen-bond acceptors (Lipinski definition) is 6. The fourth-order valence-electron chi connectivity index (χ4n) is 2.18. The van der Waals surface area contributed by atoms with Crippen LogP contribution in [0, 0.1) is 5.92 Å².